The molecule has 0 fully saturated rings. The number of ether oxygens (including phenoxy) is 2. The average Bonchev–Trinajstić information content (AvgIpc) is 3.34. The molecule has 166 valence electrons. The second-order valence-corrected chi connectivity index (χ2v) is 9.30. The number of halogens is 1. The summed E-state index contributed by atoms with van der Waals surface area (Å²) in [7, 11) is 1.62. The summed E-state index contributed by atoms with van der Waals surface area (Å²) >= 11 is 4.74. The Bertz CT molecular complexity index is 1320. The molecule has 6 nitrogen and oxygen atoms in total. The number of nitrogens with zero attached hydrogens (tertiary/aromatic N) is 3. The number of fused-ring (bicyclic) bond motifs is 1. The average molecular weight is 514 g/mol. The third kappa shape index (κ3) is 5.02. The Hall–Kier alpha value is -2.71. The fourth-order valence-electron chi connectivity index (χ4n) is 3.31. The molecule has 0 aliphatic heterocycles. The Morgan fingerprint density at radius 3 is 2.62 bits per heavy atom. The minimum Gasteiger partial charge on any atom is -0.493 e. The molecule has 0 spiro atoms. The minimum atomic E-state index is -0.184. The molecule has 2 aromatic heterocycles. The number of unbranched alkanes of at least 4 members (excludes halogenated alkanes) is 3. The van der Waals surface area contributed by atoms with Crippen molar-refractivity contribution in [2.24, 2.45) is 0 Å². The standard InChI is InChI=1S/C24H24BrN3O3S/c1-3-4-5-6-13-31-19-12-7-16(14-20(19)30-2)15-21-23(29)28-24(32-21)26-22(27-28)17-8-10-18(25)11-9-17/h7-12,14-15H,3-6,13H2,1-2H3/b21-15-. The van der Waals surface area contributed by atoms with Crippen molar-refractivity contribution in [3.63, 3.8) is 0 Å². The summed E-state index contributed by atoms with van der Waals surface area (Å²) in [6.07, 6.45) is 6.43. The van der Waals surface area contributed by atoms with E-state index in [-0.39, 0.29) is 5.56 Å². The molecule has 0 radical (unpaired) electrons. The molecule has 0 saturated heterocycles. The monoisotopic (exact) mass is 513 g/mol. The number of hydrogen-bond donors (Lipinski definition) is 0. The zero-order chi connectivity index (χ0) is 22.5. The predicted molar refractivity (Wildman–Crippen MR) is 132 cm³/mol. The van der Waals surface area contributed by atoms with Gasteiger partial charge in [0.15, 0.2) is 17.3 Å². The second-order valence-electron chi connectivity index (χ2n) is 7.37. The van der Waals surface area contributed by atoms with Gasteiger partial charge in [0.2, 0.25) is 4.96 Å². The van der Waals surface area contributed by atoms with Crippen LogP contribution in [0.15, 0.2) is 51.7 Å². The fourth-order valence-corrected chi connectivity index (χ4v) is 4.48. The largest absolute Gasteiger partial charge is 0.493 e. The molecular formula is C24H24BrN3O3S. The Labute approximate surface area is 198 Å². The van der Waals surface area contributed by atoms with Crippen LogP contribution in [0.4, 0.5) is 0 Å². The van der Waals surface area contributed by atoms with Gasteiger partial charge in [-0.2, -0.15) is 9.50 Å². The highest BCUT2D eigenvalue weighted by Gasteiger charge is 2.12. The van der Waals surface area contributed by atoms with Crippen molar-refractivity contribution in [2.75, 3.05) is 13.7 Å². The van der Waals surface area contributed by atoms with Gasteiger partial charge in [0.1, 0.15) is 0 Å². The van der Waals surface area contributed by atoms with Gasteiger partial charge in [-0.3, -0.25) is 4.79 Å². The zero-order valence-electron chi connectivity index (χ0n) is 18.0. The molecule has 2 aromatic carbocycles. The van der Waals surface area contributed by atoms with Crippen LogP contribution in [0.25, 0.3) is 22.4 Å². The van der Waals surface area contributed by atoms with Crippen LogP contribution in [0.2, 0.25) is 0 Å². The quantitative estimate of drug-likeness (QED) is 0.291. The maximum absolute atomic E-state index is 12.9. The Balaban J connectivity index is 1.57. The lowest BCUT2D eigenvalue weighted by atomic mass is 10.2. The van der Waals surface area contributed by atoms with Crippen LogP contribution in [0, 0.1) is 0 Å². The zero-order valence-corrected chi connectivity index (χ0v) is 20.4. The maximum Gasteiger partial charge on any atom is 0.291 e. The van der Waals surface area contributed by atoms with Crippen LogP contribution in [-0.4, -0.2) is 28.3 Å². The van der Waals surface area contributed by atoms with Crippen molar-refractivity contribution < 1.29 is 9.47 Å². The number of aromatic nitrogens is 3. The van der Waals surface area contributed by atoms with Crippen LogP contribution in [0.5, 0.6) is 11.5 Å². The lowest BCUT2D eigenvalue weighted by Crippen LogP contribution is -2.23. The molecule has 8 heteroatoms. The smallest absolute Gasteiger partial charge is 0.291 e. The van der Waals surface area contributed by atoms with E-state index in [1.54, 1.807) is 7.11 Å². The van der Waals surface area contributed by atoms with E-state index in [4.69, 9.17) is 9.47 Å². The molecule has 0 amide bonds. The number of thiazole rings is 1. The van der Waals surface area contributed by atoms with E-state index in [1.165, 1.54) is 28.7 Å². The molecule has 0 atom stereocenters. The van der Waals surface area contributed by atoms with E-state index in [2.05, 4.69) is 32.9 Å². The first-order valence-electron chi connectivity index (χ1n) is 10.6. The van der Waals surface area contributed by atoms with Crippen molar-refractivity contribution in [1.29, 1.82) is 0 Å². The van der Waals surface area contributed by atoms with Gasteiger partial charge in [0.25, 0.3) is 5.56 Å². The maximum atomic E-state index is 12.9. The van der Waals surface area contributed by atoms with Crippen LogP contribution in [-0.2, 0) is 0 Å². The highest BCUT2D eigenvalue weighted by Crippen LogP contribution is 2.28. The lowest BCUT2D eigenvalue weighted by molar-refractivity contribution is 0.285. The normalized spacial score (nSPS) is 11.9. The van der Waals surface area contributed by atoms with Crippen LogP contribution in [0.1, 0.15) is 38.2 Å². The summed E-state index contributed by atoms with van der Waals surface area (Å²) in [5, 5.41) is 4.40. The van der Waals surface area contributed by atoms with Crippen LogP contribution >= 0.6 is 27.3 Å². The molecule has 0 aliphatic carbocycles. The number of hydrogen-bond acceptors (Lipinski definition) is 6. The van der Waals surface area contributed by atoms with Crippen molar-refractivity contribution in [3.05, 3.63) is 67.4 Å². The highest BCUT2D eigenvalue weighted by atomic mass is 79.9. The number of benzene rings is 2. The molecule has 0 N–H and O–H groups in total. The Morgan fingerprint density at radius 1 is 1.09 bits per heavy atom. The summed E-state index contributed by atoms with van der Waals surface area (Å²) in [5.41, 5.74) is 1.54. The van der Waals surface area contributed by atoms with Gasteiger partial charge in [0.05, 0.1) is 18.2 Å². The first kappa shape index (κ1) is 22.5. The summed E-state index contributed by atoms with van der Waals surface area (Å²) in [6.45, 7) is 2.85. The van der Waals surface area contributed by atoms with E-state index in [0.717, 1.165) is 28.4 Å². The van der Waals surface area contributed by atoms with E-state index < -0.39 is 0 Å². The molecule has 0 unspecified atom stereocenters. The molecule has 4 aromatic rings. The van der Waals surface area contributed by atoms with Gasteiger partial charge in [-0.15, -0.1) is 5.10 Å². The van der Waals surface area contributed by atoms with Gasteiger partial charge in [-0.25, -0.2) is 0 Å². The SMILES string of the molecule is CCCCCCOc1ccc(/C=c2\sc3nc(-c4ccc(Br)cc4)nn3c2=O)cc1OC. The van der Waals surface area contributed by atoms with Gasteiger partial charge in [0, 0.05) is 10.0 Å². The molecule has 0 aliphatic rings. The highest BCUT2D eigenvalue weighted by molar-refractivity contribution is 9.10. The number of methoxy groups -OCH3 is 1. The van der Waals surface area contributed by atoms with Crippen LogP contribution in [0.3, 0.4) is 0 Å². The van der Waals surface area contributed by atoms with Crippen molar-refractivity contribution in [2.45, 2.75) is 32.6 Å². The molecule has 4 rings (SSSR count). The molecular weight excluding hydrogens is 490 g/mol. The Morgan fingerprint density at radius 2 is 1.91 bits per heavy atom. The minimum absolute atomic E-state index is 0.184. The van der Waals surface area contributed by atoms with E-state index in [1.807, 2.05) is 48.5 Å². The summed E-state index contributed by atoms with van der Waals surface area (Å²) < 4.78 is 14.3. The van der Waals surface area contributed by atoms with Gasteiger partial charge < -0.3 is 9.47 Å². The van der Waals surface area contributed by atoms with Crippen molar-refractivity contribution in [3.8, 4) is 22.9 Å². The number of rotatable bonds is 9. The molecule has 32 heavy (non-hydrogen) atoms. The Kier molecular flexibility index (Phi) is 7.22. The van der Waals surface area contributed by atoms with Gasteiger partial charge >= 0.3 is 0 Å². The summed E-state index contributed by atoms with van der Waals surface area (Å²) in [5.74, 6) is 1.90. The fraction of sp³-hybridized carbons (Fsp3) is 0.292. The third-order valence-corrected chi connectivity index (χ3v) is 6.51. The van der Waals surface area contributed by atoms with E-state index >= 15 is 0 Å². The first-order chi connectivity index (χ1) is 15.6. The molecule has 2 heterocycles. The van der Waals surface area contributed by atoms with Gasteiger partial charge in [-0.1, -0.05) is 71.7 Å². The lowest BCUT2D eigenvalue weighted by Gasteiger charge is -2.11. The molecule has 0 saturated carbocycles. The van der Waals surface area contributed by atoms with E-state index in [0.29, 0.717) is 33.4 Å². The van der Waals surface area contributed by atoms with Crippen LogP contribution < -0.4 is 19.6 Å². The summed E-state index contributed by atoms with van der Waals surface area (Å²) in [6, 6.07) is 13.4. The van der Waals surface area contributed by atoms with Gasteiger partial charge in [-0.05, 0) is 42.3 Å². The van der Waals surface area contributed by atoms with E-state index in [9.17, 15) is 4.79 Å². The van der Waals surface area contributed by atoms with Crippen molar-refractivity contribution >= 4 is 38.3 Å². The second kappa shape index (κ2) is 10.3. The predicted octanol–water partition coefficient (Wildman–Crippen LogP) is 5.10. The third-order valence-electron chi connectivity index (χ3n) is 5.03. The first-order valence-corrected chi connectivity index (χ1v) is 12.2. The van der Waals surface area contributed by atoms with Crippen molar-refractivity contribution in [1.82, 2.24) is 14.6 Å². The molecule has 0 bridgehead atoms. The summed E-state index contributed by atoms with van der Waals surface area (Å²) in [4.78, 5) is 18.0. The topological polar surface area (TPSA) is 65.7 Å².